The van der Waals surface area contributed by atoms with Crippen LogP contribution in [0.5, 0.6) is 11.5 Å². The minimum absolute atomic E-state index is 0.497. The third-order valence-corrected chi connectivity index (χ3v) is 6.18. The molecule has 0 saturated carbocycles. The fourth-order valence-corrected chi connectivity index (χ4v) is 4.84. The molecule has 4 aromatic rings. The van der Waals surface area contributed by atoms with Crippen molar-refractivity contribution in [1.82, 2.24) is 30.2 Å². The minimum atomic E-state index is 0.497. The van der Waals surface area contributed by atoms with Gasteiger partial charge in [0, 0.05) is 10.4 Å². The lowest BCUT2D eigenvalue weighted by Gasteiger charge is -2.10. The summed E-state index contributed by atoms with van der Waals surface area (Å²) in [4.78, 5) is 12.8. The van der Waals surface area contributed by atoms with Gasteiger partial charge in [0.15, 0.2) is 17.3 Å². The molecule has 0 spiro atoms. The van der Waals surface area contributed by atoms with E-state index in [0.29, 0.717) is 23.1 Å². The van der Waals surface area contributed by atoms with E-state index in [1.54, 1.807) is 31.9 Å². The molecule has 0 saturated heterocycles. The molecule has 0 unspecified atom stereocenters. The molecule has 0 aliphatic heterocycles. The fraction of sp³-hybridized carbons (Fsp3) is 0.316. The smallest absolute Gasteiger partial charge is 0.205 e. The predicted octanol–water partition coefficient (Wildman–Crippen LogP) is 3.23. The second-order valence-corrected chi connectivity index (χ2v) is 7.64. The molecule has 1 aliphatic carbocycles. The number of hydrogen-bond acceptors (Lipinski definition) is 8. The summed E-state index contributed by atoms with van der Waals surface area (Å²) in [5, 5.41) is 14.1. The molecule has 8 nitrogen and oxygen atoms in total. The summed E-state index contributed by atoms with van der Waals surface area (Å²) in [7, 11) is 3.21. The van der Waals surface area contributed by atoms with Crippen LogP contribution in [-0.2, 0) is 12.8 Å². The largest absolute Gasteiger partial charge is 0.493 e. The van der Waals surface area contributed by atoms with Crippen molar-refractivity contribution in [2.75, 3.05) is 14.2 Å². The molecule has 0 bridgehead atoms. The normalized spacial score (nSPS) is 13.5. The molecule has 5 rings (SSSR count). The molecule has 1 aromatic carbocycles. The topological polar surface area (TPSA) is 87.8 Å². The second-order valence-electron chi connectivity index (χ2n) is 6.56. The van der Waals surface area contributed by atoms with Crippen molar-refractivity contribution in [3.05, 3.63) is 35.0 Å². The summed E-state index contributed by atoms with van der Waals surface area (Å²) < 4.78 is 10.7. The van der Waals surface area contributed by atoms with E-state index >= 15 is 0 Å². The Balaban J connectivity index is 1.60. The molecule has 0 fully saturated rings. The van der Waals surface area contributed by atoms with E-state index in [9.17, 15) is 0 Å². The van der Waals surface area contributed by atoms with Crippen molar-refractivity contribution in [2.45, 2.75) is 25.7 Å². The standard InChI is InChI=1S/C19H18N6O2S/c1-26-13-8-7-11(9-14(13)27-2)17-22-24-25(23-17)18-16-12-5-3-4-6-15(12)28-19(16)21-10-20-18/h7-10H,3-6H2,1-2H3. The maximum Gasteiger partial charge on any atom is 0.205 e. The highest BCUT2D eigenvalue weighted by Gasteiger charge is 2.22. The van der Waals surface area contributed by atoms with E-state index in [2.05, 4.69) is 25.4 Å². The van der Waals surface area contributed by atoms with Crippen LogP contribution >= 0.6 is 11.3 Å². The van der Waals surface area contributed by atoms with Crippen molar-refractivity contribution in [1.29, 1.82) is 0 Å². The average Bonchev–Trinajstić information content (AvgIpc) is 3.38. The van der Waals surface area contributed by atoms with Crippen molar-refractivity contribution in [2.24, 2.45) is 0 Å². The first-order valence-electron chi connectivity index (χ1n) is 9.06. The lowest BCUT2D eigenvalue weighted by molar-refractivity contribution is 0.355. The van der Waals surface area contributed by atoms with Crippen LogP contribution in [0.3, 0.4) is 0 Å². The highest BCUT2D eigenvalue weighted by atomic mass is 32.1. The quantitative estimate of drug-likeness (QED) is 0.525. The molecule has 1 aliphatic rings. The number of tetrazole rings is 1. The van der Waals surface area contributed by atoms with Crippen molar-refractivity contribution in [3.8, 4) is 28.7 Å². The fourth-order valence-electron chi connectivity index (χ4n) is 3.62. The zero-order chi connectivity index (χ0) is 19.1. The third-order valence-electron chi connectivity index (χ3n) is 4.98. The number of benzene rings is 1. The molecular formula is C19H18N6O2S. The summed E-state index contributed by atoms with van der Waals surface area (Å²) in [6.07, 6.45) is 6.14. The minimum Gasteiger partial charge on any atom is -0.493 e. The Labute approximate surface area is 165 Å². The molecule has 28 heavy (non-hydrogen) atoms. The van der Waals surface area contributed by atoms with Gasteiger partial charge >= 0.3 is 0 Å². The van der Waals surface area contributed by atoms with Gasteiger partial charge in [-0.05, 0) is 54.7 Å². The molecular weight excluding hydrogens is 376 g/mol. The Bertz CT molecular complexity index is 1170. The Morgan fingerprint density at radius 3 is 2.75 bits per heavy atom. The Kier molecular flexibility index (Phi) is 4.16. The summed E-state index contributed by atoms with van der Waals surface area (Å²) in [6.45, 7) is 0. The van der Waals surface area contributed by atoms with Gasteiger partial charge in [-0.1, -0.05) is 0 Å². The molecule has 3 heterocycles. The van der Waals surface area contributed by atoms with E-state index in [1.807, 2.05) is 18.2 Å². The zero-order valence-electron chi connectivity index (χ0n) is 15.5. The lowest BCUT2D eigenvalue weighted by atomic mass is 9.97. The van der Waals surface area contributed by atoms with Crippen LogP contribution in [0.15, 0.2) is 24.5 Å². The van der Waals surface area contributed by atoms with Gasteiger partial charge in [-0.3, -0.25) is 0 Å². The van der Waals surface area contributed by atoms with Crippen molar-refractivity contribution in [3.63, 3.8) is 0 Å². The monoisotopic (exact) mass is 394 g/mol. The van der Waals surface area contributed by atoms with E-state index in [-0.39, 0.29) is 0 Å². The first kappa shape index (κ1) is 17.1. The average molecular weight is 394 g/mol. The van der Waals surface area contributed by atoms with Crippen LogP contribution in [0.1, 0.15) is 23.3 Å². The van der Waals surface area contributed by atoms with Gasteiger partial charge in [0.1, 0.15) is 11.2 Å². The summed E-state index contributed by atoms with van der Waals surface area (Å²) in [6, 6.07) is 5.54. The molecule has 0 radical (unpaired) electrons. The Hall–Kier alpha value is -3.07. The van der Waals surface area contributed by atoms with E-state index < -0.39 is 0 Å². The van der Waals surface area contributed by atoms with E-state index in [1.165, 1.54) is 28.1 Å². The summed E-state index contributed by atoms with van der Waals surface area (Å²) in [5.74, 6) is 2.45. The van der Waals surface area contributed by atoms with Crippen LogP contribution in [0, 0.1) is 0 Å². The summed E-state index contributed by atoms with van der Waals surface area (Å²) in [5.41, 5.74) is 2.13. The summed E-state index contributed by atoms with van der Waals surface area (Å²) >= 11 is 1.75. The number of aryl methyl sites for hydroxylation is 2. The van der Waals surface area contributed by atoms with Crippen molar-refractivity contribution < 1.29 is 9.47 Å². The SMILES string of the molecule is COc1ccc(-c2nnn(-c3ncnc4sc5c(c34)CCCC5)n2)cc1OC. The first-order chi connectivity index (χ1) is 13.8. The van der Waals surface area contributed by atoms with Crippen LogP contribution in [0.25, 0.3) is 27.4 Å². The lowest BCUT2D eigenvalue weighted by Crippen LogP contribution is -2.05. The maximum absolute atomic E-state index is 5.37. The van der Waals surface area contributed by atoms with E-state index in [0.717, 1.165) is 28.6 Å². The van der Waals surface area contributed by atoms with Crippen LogP contribution in [-0.4, -0.2) is 44.4 Å². The van der Waals surface area contributed by atoms with Gasteiger partial charge in [0.25, 0.3) is 0 Å². The van der Waals surface area contributed by atoms with Gasteiger partial charge in [0.2, 0.25) is 5.82 Å². The van der Waals surface area contributed by atoms with Crippen LogP contribution in [0.4, 0.5) is 0 Å². The number of ether oxygens (including phenoxy) is 2. The van der Waals surface area contributed by atoms with Gasteiger partial charge in [0.05, 0.1) is 19.6 Å². The van der Waals surface area contributed by atoms with E-state index in [4.69, 9.17) is 9.47 Å². The Morgan fingerprint density at radius 2 is 1.89 bits per heavy atom. The zero-order valence-corrected chi connectivity index (χ0v) is 16.4. The number of fused-ring (bicyclic) bond motifs is 3. The third kappa shape index (κ3) is 2.70. The molecule has 3 aromatic heterocycles. The molecule has 0 N–H and O–H groups in total. The predicted molar refractivity (Wildman–Crippen MR) is 105 cm³/mol. The number of hydrogen-bond donors (Lipinski definition) is 0. The van der Waals surface area contributed by atoms with Crippen LogP contribution in [0.2, 0.25) is 0 Å². The van der Waals surface area contributed by atoms with Crippen LogP contribution < -0.4 is 9.47 Å². The number of thiophene rings is 1. The maximum atomic E-state index is 5.37. The molecule has 9 heteroatoms. The molecule has 142 valence electrons. The molecule has 0 amide bonds. The number of aromatic nitrogens is 6. The Morgan fingerprint density at radius 1 is 1.04 bits per heavy atom. The second kappa shape index (κ2) is 6.83. The highest BCUT2D eigenvalue weighted by molar-refractivity contribution is 7.18. The molecule has 0 atom stereocenters. The van der Waals surface area contributed by atoms with Gasteiger partial charge < -0.3 is 9.47 Å². The highest BCUT2D eigenvalue weighted by Crippen LogP contribution is 2.37. The first-order valence-corrected chi connectivity index (χ1v) is 9.88. The van der Waals surface area contributed by atoms with Crippen molar-refractivity contribution >= 4 is 21.6 Å². The number of methoxy groups -OCH3 is 2. The number of rotatable bonds is 4. The van der Waals surface area contributed by atoms with Gasteiger partial charge in [-0.25, -0.2) is 9.97 Å². The van der Waals surface area contributed by atoms with Gasteiger partial charge in [-0.15, -0.1) is 26.3 Å². The van der Waals surface area contributed by atoms with Gasteiger partial charge in [-0.2, -0.15) is 0 Å². The number of nitrogens with zero attached hydrogens (tertiary/aromatic N) is 6.